The van der Waals surface area contributed by atoms with Gasteiger partial charge in [0.25, 0.3) is 0 Å². The average molecular weight is 520 g/mol. The van der Waals surface area contributed by atoms with Gasteiger partial charge in [-0.05, 0) is 98.3 Å². The molecule has 0 unspecified atom stereocenters. The SMILES string of the molecule is CC1(C)CCC(c2ccccc2[C@H](C(=O)O)N2CC[C@@H](OCCCCc3ccc4c(n3)NCCC4)C2)CC1. The maximum Gasteiger partial charge on any atom is 0.325 e. The molecule has 1 saturated heterocycles. The number of unbranched alkanes of at least 4 members (excludes halogenated alkanes) is 1. The molecule has 1 aliphatic carbocycles. The van der Waals surface area contributed by atoms with E-state index in [1.54, 1.807) is 0 Å². The standard InChI is InChI=1S/C32H45N3O3/c1-32(2)17-14-23(15-18-32)27-10-3-4-11-28(27)29(31(36)37)35-20-16-26(22-35)38-21-6-5-9-25-13-12-24-8-7-19-33-30(24)34-25/h3-4,10-13,23,26,29H,5-9,14-22H2,1-2H3,(H,33,34)(H,36,37)/t26-,29-/m1/s1. The number of carbonyl (C=O) groups is 1. The number of carboxylic acid groups (broad SMARTS) is 1. The van der Waals surface area contributed by atoms with Gasteiger partial charge in [0.2, 0.25) is 0 Å². The Morgan fingerprint density at radius 2 is 1.97 bits per heavy atom. The van der Waals surface area contributed by atoms with E-state index in [-0.39, 0.29) is 6.10 Å². The van der Waals surface area contributed by atoms with E-state index < -0.39 is 12.0 Å². The highest BCUT2D eigenvalue weighted by molar-refractivity contribution is 5.76. The van der Waals surface area contributed by atoms with Crippen molar-refractivity contribution in [1.29, 1.82) is 0 Å². The van der Waals surface area contributed by atoms with E-state index in [0.29, 0.717) is 24.5 Å². The summed E-state index contributed by atoms with van der Waals surface area (Å²) in [7, 11) is 0. The van der Waals surface area contributed by atoms with Gasteiger partial charge in [0.1, 0.15) is 11.9 Å². The molecule has 1 aromatic carbocycles. The number of hydrogen-bond donors (Lipinski definition) is 2. The molecule has 6 nitrogen and oxygen atoms in total. The maximum absolute atomic E-state index is 12.6. The first-order chi connectivity index (χ1) is 18.4. The predicted octanol–water partition coefficient (Wildman–Crippen LogP) is 6.36. The number of nitrogens with zero attached hydrogens (tertiary/aromatic N) is 2. The lowest BCUT2D eigenvalue weighted by molar-refractivity contribution is -0.143. The number of hydrogen-bond acceptors (Lipinski definition) is 5. The number of carboxylic acids is 1. The van der Waals surface area contributed by atoms with Crippen LogP contribution in [0.4, 0.5) is 5.82 Å². The quantitative estimate of drug-likeness (QED) is 0.356. The van der Waals surface area contributed by atoms with Gasteiger partial charge in [0.15, 0.2) is 0 Å². The summed E-state index contributed by atoms with van der Waals surface area (Å²) in [6.45, 7) is 7.88. The lowest BCUT2D eigenvalue weighted by atomic mass is 9.70. The number of aliphatic carboxylic acids is 1. The summed E-state index contributed by atoms with van der Waals surface area (Å²) in [6.07, 6.45) is 11.0. The van der Waals surface area contributed by atoms with Crippen molar-refractivity contribution in [3.05, 3.63) is 58.8 Å². The molecule has 3 aliphatic rings. The monoisotopic (exact) mass is 519 g/mol. The molecule has 6 heteroatoms. The maximum atomic E-state index is 12.6. The second kappa shape index (κ2) is 12.2. The molecule has 206 valence electrons. The highest BCUT2D eigenvalue weighted by Crippen LogP contribution is 2.44. The van der Waals surface area contributed by atoms with Crippen molar-refractivity contribution >= 4 is 11.8 Å². The molecule has 2 aromatic rings. The molecule has 2 aliphatic heterocycles. The third kappa shape index (κ3) is 6.58. The lowest BCUT2D eigenvalue weighted by Crippen LogP contribution is -2.34. The zero-order valence-corrected chi connectivity index (χ0v) is 23.3. The highest BCUT2D eigenvalue weighted by atomic mass is 16.5. The van der Waals surface area contributed by atoms with Crippen molar-refractivity contribution < 1.29 is 14.6 Å². The van der Waals surface area contributed by atoms with E-state index in [1.807, 2.05) is 12.1 Å². The summed E-state index contributed by atoms with van der Waals surface area (Å²) in [4.78, 5) is 19.5. The van der Waals surface area contributed by atoms with Crippen molar-refractivity contribution in [3.63, 3.8) is 0 Å². The van der Waals surface area contributed by atoms with Gasteiger partial charge in [0.05, 0.1) is 6.10 Å². The minimum atomic E-state index is -0.749. The summed E-state index contributed by atoms with van der Waals surface area (Å²) in [6, 6.07) is 12.1. The van der Waals surface area contributed by atoms with Crippen LogP contribution in [0, 0.1) is 5.41 Å². The summed E-state index contributed by atoms with van der Waals surface area (Å²) >= 11 is 0. The van der Waals surface area contributed by atoms with Gasteiger partial charge in [0, 0.05) is 31.9 Å². The van der Waals surface area contributed by atoms with Crippen LogP contribution < -0.4 is 5.32 Å². The highest BCUT2D eigenvalue weighted by Gasteiger charge is 2.37. The number of pyridine rings is 1. The zero-order valence-electron chi connectivity index (χ0n) is 23.3. The van der Waals surface area contributed by atoms with Gasteiger partial charge in [-0.1, -0.05) is 44.2 Å². The van der Waals surface area contributed by atoms with Crippen LogP contribution >= 0.6 is 0 Å². The second-order valence-corrected chi connectivity index (χ2v) is 12.4. The van der Waals surface area contributed by atoms with Gasteiger partial charge in [-0.25, -0.2) is 4.98 Å². The molecular weight excluding hydrogens is 474 g/mol. The predicted molar refractivity (Wildman–Crippen MR) is 152 cm³/mol. The fourth-order valence-electron chi connectivity index (χ4n) is 6.62. The molecule has 1 saturated carbocycles. The van der Waals surface area contributed by atoms with Crippen molar-refractivity contribution in [3.8, 4) is 0 Å². The molecule has 0 amide bonds. The van der Waals surface area contributed by atoms with Crippen molar-refractivity contribution in [1.82, 2.24) is 9.88 Å². The topological polar surface area (TPSA) is 74.7 Å². The third-order valence-electron chi connectivity index (χ3n) is 8.98. The van der Waals surface area contributed by atoms with Crippen LogP contribution in [0.25, 0.3) is 0 Å². The van der Waals surface area contributed by atoms with Crippen LogP contribution in [0.5, 0.6) is 0 Å². The molecule has 0 radical (unpaired) electrons. The Morgan fingerprint density at radius 3 is 2.79 bits per heavy atom. The van der Waals surface area contributed by atoms with Gasteiger partial charge < -0.3 is 15.2 Å². The van der Waals surface area contributed by atoms with Crippen molar-refractivity contribution in [2.45, 2.75) is 96.1 Å². The zero-order chi connectivity index (χ0) is 26.5. The summed E-state index contributed by atoms with van der Waals surface area (Å²) in [5.41, 5.74) is 5.10. The number of likely N-dealkylation sites (tertiary alicyclic amines) is 1. The van der Waals surface area contributed by atoms with Crippen LogP contribution in [0.1, 0.15) is 99.6 Å². The first kappa shape index (κ1) is 27.1. The Hall–Kier alpha value is -2.44. The van der Waals surface area contributed by atoms with Crippen molar-refractivity contribution in [2.75, 3.05) is 31.6 Å². The Kier molecular flexibility index (Phi) is 8.69. The first-order valence-electron chi connectivity index (χ1n) is 14.8. The smallest absolute Gasteiger partial charge is 0.325 e. The summed E-state index contributed by atoms with van der Waals surface area (Å²) < 4.78 is 6.23. The largest absolute Gasteiger partial charge is 0.480 e. The van der Waals surface area contributed by atoms with E-state index in [1.165, 1.54) is 30.4 Å². The van der Waals surface area contributed by atoms with Crippen LogP contribution in [0.15, 0.2) is 36.4 Å². The van der Waals surface area contributed by atoms with Crippen LogP contribution in [-0.4, -0.2) is 53.3 Å². The molecule has 1 aromatic heterocycles. The third-order valence-corrected chi connectivity index (χ3v) is 8.98. The molecular formula is C32H45N3O3. The van der Waals surface area contributed by atoms with Crippen LogP contribution in [-0.2, 0) is 22.4 Å². The van der Waals surface area contributed by atoms with E-state index >= 15 is 0 Å². The Labute approximate surface area is 228 Å². The Balaban J connectivity index is 1.12. The minimum Gasteiger partial charge on any atom is -0.480 e. The molecule has 3 heterocycles. The van der Waals surface area contributed by atoms with Crippen LogP contribution in [0.3, 0.4) is 0 Å². The number of aryl methyl sites for hydroxylation is 2. The number of nitrogens with one attached hydrogen (secondary N) is 1. The average Bonchev–Trinajstić information content (AvgIpc) is 3.37. The molecule has 38 heavy (non-hydrogen) atoms. The van der Waals surface area contributed by atoms with Gasteiger partial charge >= 0.3 is 5.97 Å². The Morgan fingerprint density at radius 1 is 1.16 bits per heavy atom. The molecule has 0 bridgehead atoms. The number of aromatic nitrogens is 1. The number of benzene rings is 1. The molecule has 5 rings (SSSR count). The van der Waals surface area contributed by atoms with Gasteiger partial charge in [-0.3, -0.25) is 9.69 Å². The number of rotatable bonds is 10. The second-order valence-electron chi connectivity index (χ2n) is 12.4. The summed E-state index contributed by atoms with van der Waals surface area (Å²) in [5, 5.41) is 13.7. The van der Waals surface area contributed by atoms with E-state index in [0.717, 1.165) is 75.1 Å². The van der Waals surface area contributed by atoms with E-state index in [4.69, 9.17) is 9.72 Å². The Bertz CT molecular complexity index is 1090. The van der Waals surface area contributed by atoms with E-state index in [2.05, 4.69) is 48.3 Å². The van der Waals surface area contributed by atoms with E-state index in [9.17, 15) is 9.90 Å². The lowest BCUT2D eigenvalue weighted by Gasteiger charge is -2.36. The fraction of sp³-hybridized carbons (Fsp3) is 0.625. The molecule has 2 atom stereocenters. The summed E-state index contributed by atoms with van der Waals surface area (Å²) in [5.74, 6) is 0.773. The number of ether oxygens (including phenoxy) is 1. The number of anilines is 1. The van der Waals surface area contributed by atoms with Crippen molar-refractivity contribution in [2.24, 2.45) is 5.41 Å². The fourth-order valence-corrected chi connectivity index (χ4v) is 6.62. The van der Waals surface area contributed by atoms with Crippen LogP contribution in [0.2, 0.25) is 0 Å². The first-order valence-corrected chi connectivity index (χ1v) is 14.8. The minimum absolute atomic E-state index is 0.102. The molecule has 2 N–H and O–H groups in total. The molecule has 0 spiro atoms. The molecule has 2 fully saturated rings. The van der Waals surface area contributed by atoms with Gasteiger partial charge in [-0.15, -0.1) is 0 Å². The number of fused-ring (bicyclic) bond motifs is 1. The normalized spacial score (nSPS) is 22.5. The van der Waals surface area contributed by atoms with Gasteiger partial charge in [-0.2, -0.15) is 0 Å².